The largest absolute Gasteiger partial charge is 0.433 e. The van der Waals surface area contributed by atoms with Gasteiger partial charge in [0.2, 0.25) is 0 Å². The number of Topliss-reactive ketones (excluding diaryl/α,β-unsaturated/α-hetero) is 4. The van der Waals surface area contributed by atoms with Gasteiger partial charge >= 0.3 is 24.1 Å². The minimum absolute atomic E-state index is 0.661. The van der Waals surface area contributed by atoms with Gasteiger partial charge in [-0.25, -0.2) is 13.5 Å². The number of hydrogen-bond donors (Lipinski definition) is 0. The molecule has 0 aromatic carbocycles. The lowest BCUT2D eigenvalue weighted by molar-refractivity contribution is -0.442. The molecule has 0 aliphatic carbocycles. The Balaban J connectivity index is 5.71. The normalized spacial score (nSPS) is 15.5. The van der Waals surface area contributed by atoms with E-state index in [1.165, 1.54) is 0 Å². The van der Waals surface area contributed by atoms with Crippen LogP contribution >= 0.6 is 0 Å². The molecule has 2 unspecified atom stereocenters. The van der Waals surface area contributed by atoms with Gasteiger partial charge in [0.05, 0.1) is 26.1 Å². The maximum absolute atomic E-state index is 14.3. The molecule has 0 aromatic heterocycles. The van der Waals surface area contributed by atoms with E-state index in [0.717, 1.165) is 13.8 Å². The number of halogens is 9. The molecule has 0 aliphatic rings. The highest BCUT2D eigenvalue weighted by molar-refractivity contribution is 6.03. The lowest BCUT2D eigenvalue weighted by atomic mass is 9.93. The molecule has 0 bridgehead atoms. The minimum Gasteiger partial charge on any atom is -0.377 e. The van der Waals surface area contributed by atoms with Crippen molar-refractivity contribution < 1.29 is 68.2 Å². The number of carbonyl (C=O) groups excluding carboxylic acids is 4. The molecule has 0 aromatic rings. The van der Waals surface area contributed by atoms with Crippen LogP contribution in [0.25, 0.3) is 0 Å². The second-order valence-corrected chi connectivity index (χ2v) is 7.02. The summed E-state index contributed by atoms with van der Waals surface area (Å²) in [5.74, 6) is -8.13. The van der Waals surface area contributed by atoms with Crippen molar-refractivity contribution in [3.8, 4) is 0 Å². The molecule has 0 heterocycles. The number of alkyl halides is 8. The molecule has 2 atom stereocenters. The van der Waals surface area contributed by atoms with Crippen LogP contribution in [-0.2, 0) is 28.7 Å². The predicted molar refractivity (Wildman–Crippen MR) is 90.7 cm³/mol. The highest BCUT2D eigenvalue weighted by atomic mass is 19.4. The van der Waals surface area contributed by atoms with E-state index in [4.69, 9.17) is 0 Å². The maximum Gasteiger partial charge on any atom is 0.433 e. The van der Waals surface area contributed by atoms with Gasteiger partial charge in [0, 0.05) is 12.3 Å². The predicted octanol–water partition coefficient (Wildman–Crippen LogP) is 4.06. The Morgan fingerprint density at radius 2 is 1.36 bits per heavy atom. The SMILES string of the molecule is C=C(F)C(F)(F)OC(F)(F)C(F)(COCC(CC(=O)CC(C)=O)C(=O)CC(C)=O)C(F)(F)F. The summed E-state index contributed by atoms with van der Waals surface area (Å²) in [6.45, 7) is -0.230. The van der Waals surface area contributed by atoms with Crippen LogP contribution in [0.3, 0.4) is 0 Å². The number of ether oxygens (including phenoxy) is 2. The fourth-order valence-electron chi connectivity index (χ4n) is 2.25. The Morgan fingerprint density at radius 3 is 1.76 bits per heavy atom. The summed E-state index contributed by atoms with van der Waals surface area (Å²) in [6.07, 6.45) is -21.2. The summed E-state index contributed by atoms with van der Waals surface area (Å²) in [7, 11) is 0. The molecule has 0 spiro atoms. The van der Waals surface area contributed by atoms with Crippen molar-refractivity contribution in [1.29, 1.82) is 0 Å². The third kappa shape index (κ3) is 8.87. The smallest absolute Gasteiger partial charge is 0.377 e. The van der Waals surface area contributed by atoms with E-state index >= 15 is 0 Å². The molecular formula is C18H19F9O6. The monoisotopic (exact) mass is 502 g/mol. The topological polar surface area (TPSA) is 86.7 Å². The van der Waals surface area contributed by atoms with Crippen LogP contribution in [0.5, 0.6) is 0 Å². The second-order valence-electron chi connectivity index (χ2n) is 7.02. The van der Waals surface area contributed by atoms with Crippen molar-refractivity contribution in [2.45, 2.75) is 57.2 Å². The summed E-state index contributed by atoms with van der Waals surface area (Å²) in [4.78, 5) is 45.8. The standard InChI is InChI=1S/C18H19F9O6/c1-9(28)4-13(30)6-12(14(31)5-10(2)29)7-32-8-15(20,17(23,24)25)18(26,27)33-16(21,22)11(3)19/h12H,3-8H2,1-2H3. The Hall–Kier alpha value is -2.29. The van der Waals surface area contributed by atoms with Gasteiger partial charge < -0.3 is 4.74 Å². The summed E-state index contributed by atoms with van der Waals surface area (Å²) in [5.41, 5.74) is -5.96. The zero-order chi connectivity index (χ0) is 26.4. The first-order valence-electron chi connectivity index (χ1n) is 8.83. The third-order valence-electron chi connectivity index (χ3n) is 3.90. The average molecular weight is 502 g/mol. The zero-order valence-electron chi connectivity index (χ0n) is 17.2. The quantitative estimate of drug-likeness (QED) is 0.248. The van der Waals surface area contributed by atoms with Crippen LogP contribution < -0.4 is 0 Å². The van der Waals surface area contributed by atoms with E-state index in [0.29, 0.717) is 0 Å². The molecule has 0 saturated heterocycles. The molecule has 0 fully saturated rings. The van der Waals surface area contributed by atoms with E-state index in [1.54, 1.807) is 0 Å². The van der Waals surface area contributed by atoms with Crippen molar-refractivity contribution in [3.05, 3.63) is 12.4 Å². The van der Waals surface area contributed by atoms with E-state index in [9.17, 15) is 58.7 Å². The van der Waals surface area contributed by atoms with Crippen molar-refractivity contribution in [3.63, 3.8) is 0 Å². The van der Waals surface area contributed by atoms with Crippen LogP contribution in [0, 0.1) is 5.92 Å². The molecule has 0 N–H and O–H groups in total. The number of ketones is 4. The van der Waals surface area contributed by atoms with E-state index in [2.05, 4.69) is 9.47 Å². The van der Waals surface area contributed by atoms with Crippen LogP contribution in [0.1, 0.15) is 33.1 Å². The first kappa shape index (κ1) is 30.7. The summed E-state index contributed by atoms with van der Waals surface area (Å²) < 4.78 is 126. The maximum atomic E-state index is 14.3. The number of rotatable bonds is 15. The Bertz CT molecular complexity index is 778. The molecule has 190 valence electrons. The number of carbonyl (C=O) groups is 4. The van der Waals surface area contributed by atoms with Gasteiger partial charge in [-0.1, -0.05) is 6.58 Å². The van der Waals surface area contributed by atoms with Gasteiger partial charge in [0.25, 0.3) is 0 Å². The van der Waals surface area contributed by atoms with Crippen molar-refractivity contribution in [2.24, 2.45) is 5.92 Å². The first-order chi connectivity index (χ1) is 14.7. The van der Waals surface area contributed by atoms with E-state index in [1.807, 2.05) is 6.58 Å². The molecule has 15 heteroatoms. The van der Waals surface area contributed by atoms with E-state index in [-0.39, 0.29) is 0 Å². The summed E-state index contributed by atoms with van der Waals surface area (Å²) in [6, 6.07) is 0. The van der Waals surface area contributed by atoms with Crippen LogP contribution in [0.15, 0.2) is 12.4 Å². The van der Waals surface area contributed by atoms with Crippen LogP contribution in [0.4, 0.5) is 39.5 Å². The number of hydrogen-bond acceptors (Lipinski definition) is 6. The zero-order valence-corrected chi connectivity index (χ0v) is 17.2. The molecule has 6 nitrogen and oxygen atoms in total. The molecular weight excluding hydrogens is 483 g/mol. The van der Waals surface area contributed by atoms with Gasteiger partial charge in [-0.15, -0.1) is 0 Å². The third-order valence-corrected chi connectivity index (χ3v) is 3.90. The highest BCUT2D eigenvalue weighted by Gasteiger charge is 2.75. The fourth-order valence-corrected chi connectivity index (χ4v) is 2.25. The Labute approximate surface area is 181 Å². The van der Waals surface area contributed by atoms with Crippen molar-refractivity contribution >= 4 is 23.1 Å². The highest BCUT2D eigenvalue weighted by Crippen LogP contribution is 2.49. The van der Waals surface area contributed by atoms with Gasteiger partial charge in [-0.05, 0) is 13.8 Å². The Morgan fingerprint density at radius 1 is 0.879 bits per heavy atom. The molecule has 0 radical (unpaired) electrons. The Kier molecular flexibility index (Phi) is 10.4. The summed E-state index contributed by atoms with van der Waals surface area (Å²) in [5, 5.41) is 0. The van der Waals surface area contributed by atoms with Gasteiger partial charge in [-0.3, -0.25) is 19.2 Å². The molecule has 33 heavy (non-hydrogen) atoms. The molecule has 0 saturated carbocycles. The minimum atomic E-state index is -6.60. The van der Waals surface area contributed by atoms with Gasteiger partial charge in [0.1, 0.15) is 23.1 Å². The van der Waals surface area contributed by atoms with Crippen LogP contribution in [-0.4, -0.2) is 60.4 Å². The lowest BCUT2D eigenvalue weighted by Gasteiger charge is -2.35. The first-order valence-corrected chi connectivity index (χ1v) is 8.83. The van der Waals surface area contributed by atoms with Gasteiger partial charge in [-0.2, -0.15) is 30.7 Å². The van der Waals surface area contributed by atoms with Gasteiger partial charge in [0.15, 0.2) is 5.83 Å². The molecule has 0 amide bonds. The van der Waals surface area contributed by atoms with Crippen molar-refractivity contribution in [1.82, 2.24) is 0 Å². The van der Waals surface area contributed by atoms with Crippen molar-refractivity contribution in [2.75, 3.05) is 13.2 Å². The summed E-state index contributed by atoms with van der Waals surface area (Å²) >= 11 is 0. The molecule has 0 rings (SSSR count). The fraction of sp³-hybridized carbons (Fsp3) is 0.667. The van der Waals surface area contributed by atoms with E-state index < -0.39 is 91.4 Å². The lowest BCUT2D eigenvalue weighted by Crippen LogP contribution is -2.61. The molecule has 0 aliphatic heterocycles. The average Bonchev–Trinajstić information content (AvgIpc) is 2.57. The second kappa shape index (κ2) is 11.2. The van der Waals surface area contributed by atoms with Crippen LogP contribution in [0.2, 0.25) is 0 Å².